The molecule has 0 aliphatic heterocycles. The van der Waals surface area contributed by atoms with Crippen LogP contribution in [0.5, 0.6) is 5.88 Å². The minimum absolute atomic E-state index is 0.0288. The number of benzene rings is 1. The second kappa shape index (κ2) is 4.25. The molecule has 0 atom stereocenters. The molecule has 1 saturated carbocycles. The van der Waals surface area contributed by atoms with Gasteiger partial charge in [0.15, 0.2) is 5.69 Å². The van der Waals surface area contributed by atoms with Gasteiger partial charge in [0.25, 0.3) is 5.91 Å². The normalized spacial score (nSPS) is 16.2. The largest absolute Gasteiger partial charge is 0.493 e. The molecular weight excluding hydrogens is 230 g/mol. The van der Waals surface area contributed by atoms with Crippen LogP contribution >= 0.6 is 0 Å². The molecule has 2 aromatic rings. The highest BCUT2D eigenvalue weighted by Crippen LogP contribution is 2.35. The molecule has 1 aliphatic rings. The average molecular weight is 243 g/mol. The Balaban J connectivity index is 1.91. The number of aromatic nitrogens is 1. The summed E-state index contributed by atoms with van der Waals surface area (Å²) in [6.45, 7) is 0. The molecule has 5 heteroatoms. The number of rotatable bonds is 2. The lowest BCUT2D eigenvalue weighted by Crippen LogP contribution is -2.19. The zero-order valence-corrected chi connectivity index (χ0v) is 9.76. The highest BCUT2D eigenvalue weighted by Gasteiger charge is 2.25. The van der Waals surface area contributed by atoms with E-state index in [1.807, 2.05) is 24.3 Å². The first-order chi connectivity index (χ1) is 8.75. The number of hydrogen-bond acceptors (Lipinski definition) is 3. The van der Waals surface area contributed by atoms with Crippen LogP contribution in [-0.4, -0.2) is 16.0 Å². The molecule has 0 unspecified atom stereocenters. The lowest BCUT2D eigenvalue weighted by molar-refractivity contribution is -0.124. The van der Waals surface area contributed by atoms with Crippen LogP contribution in [0.25, 0.3) is 10.9 Å². The monoisotopic (exact) mass is 243 g/mol. The van der Waals surface area contributed by atoms with Crippen LogP contribution in [0.2, 0.25) is 0 Å². The molecule has 92 valence electrons. The van der Waals surface area contributed by atoms with Crippen LogP contribution in [0.1, 0.15) is 19.3 Å². The fraction of sp³-hybridized carbons (Fsp3) is 0.308. The summed E-state index contributed by atoms with van der Waals surface area (Å²) in [5.41, 5.74) is 1.11. The van der Waals surface area contributed by atoms with E-state index in [4.69, 9.17) is 0 Å². The standard InChI is InChI=1S/C13H13N3O2/c17-12(8-4-3-5-8)16-15-11-9-6-1-2-7-10(9)14-13(11)18/h1-2,6-8,14,18H,3-5H2. The van der Waals surface area contributed by atoms with Gasteiger partial charge in [-0.25, -0.2) is 0 Å². The number of hydrogen-bond donors (Lipinski definition) is 2. The van der Waals surface area contributed by atoms with Crippen LogP contribution in [-0.2, 0) is 4.79 Å². The zero-order chi connectivity index (χ0) is 12.5. The summed E-state index contributed by atoms with van der Waals surface area (Å²) in [5.74, 6) is -0.214. The molecule has 2 N–H and O–H groups in total. The van der Waals surface area contributed by atoms with Gasteiger partial charge < -0.3 is 10.1 Å². The van der Waals surface area contributed by atoms with E-state index in [2.05, 4.69) is 15.2 Å². The number of fused-ring (bicyclic) bond motifs is 1. The van der Waals surface area contributed by atoms with Crippen molar-refractivity contribution in [2.24, 2.45) is 16.1 Å². The summed E-state index contributed by atoms with van der Waals surface area (Å²) >= 11 is 0. The van der Waals surface area contributed by atoms with E-state index in [0.29, 0.717) is 5.69 Å². The molecule has 1 heterocycles. The Morgan fingerprint density at radius 3 is 2.83 bits per heavy atom. The van der Waals surface area contributed by atoms with Crippen molar-refractivity contribution in [1.82, 2.24) is 4.98 Å². The van der Waals surface area contributed by atoms with Crippen LogP contribution < -0.4 is 0 Å². The molecular formula is C13H13N3O2. The fourth-order valence-electron chi connectivity index (χ4n) is 2.05. The number of nitrogens with zero attached hydrogens (tertiary/aromatic N) is 2. The third kappa shape index (κ3) is 1.77. The molecule has 1 aliphatic carbocycles. The number of H-pyrrole nitrogens is 1. The van der Waals surface area contributed by atoms with E-state index < -0.39 is 0 Å². The smallest absolute Gasteiger partial charge is 0.267 e. The van der Waals surface area contributed by atoms with E-state index >= 15 is 0 Å². The minimum Gasteiger partial charge on any atom is -0.493 e. The van der Waals surface area contributed by atoms with E-state index in [1.165, 1.54) is 0 Å². The molecule has 0 saturated heterocycles. The van der Waals surface area contributed by atoms with Gasteiger partial charge in [-0.2, -0.15) is 0 Å². The number of para-hydroxylation sites is 1. The van der Waals surface area contributed by atoms with Crippen LogP contribution in [0.4, 0.5) is 5.69 Å². The van der Waals surface area contributed by atoms with Gasteiger partial charge in [-0.1, -0.05) is 24.6 Å². The molecule has 0 spiro atoms. The highest BCUT2D eigenvalue weighted by molar-refractivity contribution is 5.94. The molecule has 1 aromatic heterocycles. The van der Waals surface area contributed by atoms with Crippen molar-refractivity contribution in [2.75, 3.05) is 0 Å². The van der Waals surface area contributed by atoms with Gasteiger partial charge >= 0.3 is 0 Å². The van der Waals surface area contributed by atoms with E-state index in [-0.39, 0.29) is 17.7 Å². The second-order valence-corrected chi connectivity index (χ2v) is 4.53. The minimum atomic E-state index is -0.189. The molecule has 3 rings (SSSR count). The highest BCUT2D eigenvalue weighted by atomic mass is 16.3. The van der Waals surface area contributed by atoms with Gasteiger partial charge in [-0.05, 0) is 18.9 Å². The van der Waals surface area contributed by atoms with Gasteiger partial charge in [-0.15, -0.1) is 10.2 Å². The van der Waals surface area contributed by atoms with Crippen molar-refractivity contribution in [1.29, 1.82) is 0 Å². The van der Waals surface area contributed by atoms with Crippen LogP contribution in [0.3, 0.4) is 0 Å². The topological polar surface area (TPSA) is 77.8 Å². The molecule has 18 heavy (non-hydrogen) atoms. The Morgan fingerprint density at radius 1 is 1.33 bits per heavy atom. The number of aromatic amines is 1. The van der Waals surface area contributed by atoms with Crippen LogP contribution in [0, 0.1) is 5.92 Å². The molecule has 1 amide bonds. The maximum absolute atomic E-state index is 11.6. The second-order valence-electron chi connectivity index (χ2n) is 4.53. The van der Waals surface area contributed by atoms with E-state index in [9.17, 15) is 9.90 Å². The Bertz CT molecular complexity index is 626. The average Bonchev–Trinajstić information content (AvgIpc) is 2.60. The number of amides is 1. The first-order valence-electron chi connectivity index (χ1n) is 6.01. The number of aromatic hydroxyl groups is 1. The van der Waals surface area contributed by atoms with Gasteiger partial charge in [0.2, 0.25) is 5.88 Å². The predicted molar refractivity (Wildman–Crippen MR) is 66.8 cm³/mol. The summed E-state index contributed by atoms with van der Waals surface area (Å²) in [7, 11) is 0. The first kappa shape index (κ1) is 11.0. The number of carbonyl (C=O) groups excluding carboxylic acids is 1. The van der Waals surface area contributed by atoms with Crippen molar-refractivity contribution in [2.45, 2.75) is 19.3 Å². The van der Waals surface area contributed by atoms with E-state index in [0.717, 1.165) is 30.2 Å². The summed E-state index contributed by atoms with van der Waals surface area (Å²) in [6.07, 6.45) is 2.89. The van der Waals surface area contributed by atoms with Crippen molar-refractivity contribution >= 4 is 22.5 Å². The predicted octanol–water partition coefficient (Wildman–Crippen LogP) is 3.28. The Morgan fingerprint density at radius 2 is 2.11 bits per heavy atom. The Kier molecular flexibility index (Phi) is 2.59. The quantitative estimate of drug-likeness (QED) is 0.794. The van der Waals surface area contributed by atoms with Crippen molar-refractivity contribution in [3.63, 3.8) is 0 Å². The van der Waals surface area contributed by atoms with Gasteiger partial charge in [0.05, 0.1) is 5.52 Å². The summed E-state index contributed by atoms with van der Waals surface area (Å²) in [4.78, 5) is 14.4. The van der Waals surface area contributed by atoms with Crippen LogP contribution in [0.15, 0.2) is 34.5 Å². The third-order valence-corrected chi connectivity index (χ3v) is 3.36. The lowest BCUT2D eigenvalue weighted by atomic mass is 9.85. The molecule has 1 fully saturated rings. The molecule has 0 bridgehead atoms. The maximum Gasteiger partial charge on any atom is 0.267 e. The van der Waals surface area contributed by atoms with Crippen molar-refractivity contribution in [3.05, 3.63) is 24.3 Å². The Labute approximate surface area is 104 Å². The van der Waals surface area contributed by atoms with Gasteiger partial charge in [-0.3, -0.25) is 4.79 Å². The van der Waals surface area contributed by atoms with Crippen molar-refractivity contribution < 1.29 is 9.90 Å². The van der Waals surface area contributed by atoms with E-state index in [1.54, 1.807) is 0 Å². The lowest BCUT2D eigenvalue weighted by Gasteiger charge is -2.20. The SMILES string of the molecule is O=C(N=Nc1c(O)[nH]c2ccccc12)C1CCC1. The zero-order valence-electron chi connectivity index (χ0n) is 9.76. The number of nitrogens with one attached hydrogen (secondary N) is 1. The molecule has 5 nitrogen and oxygen atoms in total. The number of azo groups is 1. The van der Waals surface area contributed by atoms with Gasteiger partial charge in [0, 0.05) is 11.3 Å². The summed E-state index contributed by atoms with van der Waals surface area (Å²) in [5, 5.41) is 18.1. The summed E-state index contributed by atoms with van der Waals surface area (Å²) < 4.78 is 0. The Hall–Kier alpha value is -2.17. The van der Waals surface area contributed by atoms with Gasteiger partial charge in [0.1, 0.15) is 0 Å². The first-order valence-corrected chi connectivity index (χ1v) is 6.01. The number of carbonyl (C=O) groups is 1. The maximum atomic E-state index is 11.6. The summed E-state index contributed by atoms with van der Waals surface area (Å²) in [6, 6.07) is 7.37. The molecule has 1 aromatic carbocycles. The molecule has 0 radical (unpaired) electrons. The van der Waals surface area contributed by atoms with Crippen molar-refractivity contribution in [3.8, 4) is 5.88 Å². The third-order valence-electron chi connectivity index (χ3n) is 3.36. The fourth-order valence-corrected chi connectivity index (χ4v) is 2.05.